The number of hydrogen-bond acceptors (Lipinski definition) is 3. The molecule has 1 aliphatic rings. The average Bonchev–Trinajstić information content (AvgIpc) is 2.34. The Morgan fingerprint density at radius 1 is 1.37 bits per heavy atom. The maximum Gasteiger partial charge on any atom is 0.387 e. The summed E-state index contributed by atoms with van der Waals surface area (Å²) in [5, 5.41) is 2.90. The number of halogens is 2. The van der Waals surface area contributed by atoms with E-state index in [2.05, 4.69) is 10.1 Å². The molecule has 19 heavy (non-hydrogen) atoms. The highest BCUT2D eigenvalue weighted by atomic mass is 19.3. The minimum Gasteiger partial charge on any atom is -0.435 e. The first kappa shape index (κ1) is 13.7. The van der Waals surface area contributed by atoms with Gasteiger partial charge >= 0.3 is 6.61 Å². The maximum atomic E-state index is 12.0. The van der Waals surface area contributed by atoms with Crippen LogP contribution in [0.5, 0.6) is 5.75 Å². The van der Waals surface area contributed by atoms with Crippen LogP contribution in [0.3, 0.4) is 0 Å². The van der Waals surface area contributed by atoms with Gasteiger partial charge in [0.2, 0.25) is 0 Å². The van der Waals surface area contributed by atoms with Crippen molar-refractivity contribution in [3.8, 4) is 5.75 Å². The molecule has 0 spiro atoms. The molecule has 3 N–H and O–H groups in total. The highest BCUT2D eigenvalue weighted by molar-refractivity contribution is 5.94. The van der Waals surface area contributed by atoms with E-state index in [1.165, 1.54) is 24.3 Å². The van der Waals surface area contributed by atoms with Crippen LogP contribution in [-0.4, -0.2) is 24.6 Å². The summed E-state index contributed by atoms with van der Waals surface area (Å²) in [5.74, 6) is -0.211. The van der Waals surface area contributed by atoms with Gasteiger partial charge in [-0.15, -0.1) is 0 Å². The highest BCUT2D eigenvalue weighted by Crippen LogP contribution is 2.31. The lowest BCUT2D eigenvalue weighted by atomic mass is 9.76. The summed E-state index contributed by atoms with van der Waals surface area (Å²) in [7, 11) is 0. The van der Waals surface area contributed by atoms with Gasteiger partial charge in [0.1, 0.15) is 5.75 Å². The monoisotopic (exact) mass is 270 g/mol. The van der Waals surface area contributed by atoms with Crippen LogP contribution in [0, 0.1) is 0 Å². The van der Waals surface area contributed by atoms with Crippen LogP contribution in [0.4, 0.5) is 8.78 Å². The van der Waals surface area contributed by atoms with Crippen LogP contribution in [0.15, 0.2) is 24.3 Å². The Bertz CT molecular complexity index is 439. The van der Waals surface area contributed by atoms with Crippen LogP contribution < -0.4 is 15.8 Å². The number of alkyl halides is 2. The zero-order valence-corrected chi connectivity index (χ0v) is 10.4. The number of ether oxygens (including phenoxy) is 1. The lowest BCUT2D eigenvalue weighted by Crippen LogP contribution is -2.58. The molecule has 0 bridgehead atoms. The van der Waals surface area contributed by atoms with Gasteiger partial charge in [-0.05, 0) is 43.5 Å². The Hall–Kier alpha value is -1.69. The van der Waals surface area contributed by atoms with Gasteiger partial charge in [-0.1, -0.05) is 0 Å². The number of hydrogen-bond donors (Lipinski definition) is 2. The standard InChI is InChI=1S/C13H16F2N2O2/c14-12(15)19-10-4-2-9(3-5-10)11(18)17-13(8-16)6-1-7-13/h2-5,12H,1,6-8,16H2,(H,17,18). The second kappa shape index (κ2) is 5.52. The first-order valence-corrected chi connectivity index (χ1v) is 6.12. The molecule has 4 nitrogen and oxygen atoms in total. The van der Waals surface area contributed by atoms with E-state index in [0.717, 1.165) is 19.3 Å². The fraction of sp³-hybridized carbons (Fsp3) is 0.462. The maximum absolute atomic E-state index is 12.0. The molecule has 0 radical (unpaired) electrons. The van der Waals surface area contributed by atoms with Crippen molar-refractivity contribution in [3.63, 3.8) is 0 Å². The van der Waals surface area contributed by atoms with Gasteiger partial charge in [0, 0.05) is 12.1 Å². The number of amides is 1. The summed E-state index contributed by atoms with van der Waals surface area (Å²) in [5.41, 5.74) is 5.76. The third-order valence-corrected chi connectivity index (χ3v) is 3.42. The molecule has 1 saturated carbocycles. The number of nitrogens with one attached hydrogen (secondary N) is 1. The summed E-state index contributed by atoms with van der Waals surface area (Å²) in [6, 6.07) is 5.60. The Morgan fingerprint density at radius 2 is 2.00 bits per heavy atom. The van der Waals surface area contributed by atoms with Gasteiger partial charge in [0.05, 0.1) is 5.54 Å². The van der Waals surface area contributed by atoms with E-state index < -0.39 is 6.61 Å². The van der Waals surface area contributed by atoms with Gasteiger partial charge in [-0.25, -0.2) is 0 Å². The molecule has 0 aliphatic heterocycles. The predicted octanol–water partition coefficient (Wildman–Crippen LogP) is 1.90. The van der Waals surface area contributed by atoms with Crippen molar-refractivity contribution in [1.29, 1.82) is 0 Å². The van der Waals surface area contributed by atoms with Gasteiger partial charge in [0.15, 0.2) is 0 Å². The van der Waals surface area contributed by atoms with Gasteiger partial charge in [-0.3, -0.25) is 4.79 Å². The van der Waals surface area contributed by atoms with Crippen molar-refractivity contribution in [2.24, 2.45) is 5.73 Å². The first-order valence-electron chi connectivity index (χ1n) is 6.12. The molecule has 0 heterocycles. The van der Waals surface area contributed by atoms with Crippen molar-refractivity contribution in [3.05, 3.63) is 29.8 Å². The lowest BCUT2D eigenvalue weighted by molar-refractivity contribution is -0.0498. The molecule has 1 aromatic rings. The highest BCUT2D eigenvalue weighted by Gasteiger charge is 2.37. The van der Waals surface area contributed by atoms with E-state index in [-0.39, 0.29) is 17.2 Å². The third-order valence-electron chi connectivity index (χ3n) is 3.42. The molecule has 0 aromatic heterocycles. The molecule has 2 rings (SSSR count). The molecule has 0 saturated heterocycles. The number of carbonyl (C=O) groups excluding carboxylic acids is 1. The Balaban J connectivity index is 1.99. The summed E-state index contributed by atoms with van der Waals surface area (Å²) < 4.78 is 28.2. The van der Waals surface area contributed by atoms with Crippen molar-refractivity contribution in [2.75, 3.05) is 6.54 Å². The number of carbonyl (C=O) groups is 1. The molecule has 6 heteroatoms. The quantitative estimate of drug-likeness (QED) is 0.859. The van der Waals surface area contributed by atoms with E-state index in [9.17, 15) is 13.6 Å². The average molecular weight is 270 g/mol. The summed E-state index contributed by atoms with van der Waals surface area (Å²) in [6.07, 6.45) is 2.81. The van der Waals surface area contributed by atoms with E-state index in [1.54, 1.807) is 0 Å². The normalized spacial score (nSPS) is 16.8. The molecular formula is C13H16F2N2O2. The molecule has 1 amide bonds. The molecule has 0 unspecified atom stereocenters. The van der Waals surface area contributed by atoms with Crippen LogP contribution in [0.1, 0.15) is 29.6 Å². The van der Waals surface area contributed by atoms with Crippen LogP contribution in [0.2, 0.25) is 0 Å². The van der Waals surface area contributed by atoms with Crippen molar-refractivity contribution >= 4 is 5.91 Å². The Kier molecular flexibility index (Phi) is 3.99. The van der Waals surface area contributed by atoms with Crippen molar-refractivity contribution in [1.82, 2.24) is 5.32 Å². The number of nitrogens with two attached hydrogens (primary N) is 1. The lowest BCUT2D eigenvalue weighted by Gasteiger charge is -2.41. The topological polar surface area (TPSA) is 64.3 Å². The van der Waals surface area contributed by atoms with Crippen LogP contribution in [0.25, 0.3) is 0 Å². The minimum absolute atomic E-state index is 0.0312. The Labute approximate surface area is 109 Å². The van der Waals surface area contributed by atoms with E-state index in [1.807, 2.05) is 0 Å². The Morgan fingerprint density at radius 3 is 2.42 bits per heavy atom. The van der Waals surface area contributed by atoms with Crippen molar-refractivity contribution in [2.45, 2.75) is 31.4 Å². The summed E-state index contributed by atoms with van der Waals surface area (Å²) >= 11 is 0. The first-order chi connectivity index (χ1) is 9.04. The van der Waals surface area contributed by atoms with E-state index >= 15 is 0 Å². The van der Waals surface area contributed by atoms with Gasteiger partial charge in [0.25, 0.3) is 5.91 Å². The molecule has 0 atom stereocenters. The smallest absolute Gasteiger partial charge is 0.387 e. The van der Waals surface area contributed by atoms with Gasteiger partial charge < -0.3 is 15.8 Å². The molecule has 1 fully saturated rings. The molecule has 1 aliphatic carbocycles. The minimum atomic E-state index is -2.87. The largest absolute Gasteiger partial charge is 0.435 e. The molecular weight excluding hydrogens is 254 g/mol. The SMILES string of the molecule is NCC1(NC(=O)c2ccc(OC(F)F)cc2)CCC1. The number of benzene rings is 1. The zero-order valence-electron chi connectivity index (χ0n) is 10.4. The second-order valence-corrected chi connectivity index (χ2v) is 4.70. The predicted molar refractivity (Wildman–Crippen MR) is 66.2 cm³/mol. The van der Waals surface area contributed by atoms with Gasteiger partial charge in [-0.2, -0.15) is 8.78 Å². The second-order valence-electron chi connectivity index (χ2n) is 4.70. The van der Waals surface area contributed by atoms with E-state index in [0.29, 0.717) is 12.1 Å². The molecule has 1 aromatic carbocycles. The fourth-order valence-electron chi connectivity index (χ4n) is 2.08. The summed E-state index contributed by atoms with van der Waals surface area (Å²) in [6.45, 7) is -2.46. The number of rotatable bonds is 5. The molecule has 104 valence electrons. The third kappa shape index (κ3) is 3.20. The van der Waals surface area contributed by atoms with Crippen LogP contribution >= 0.6 is 0 Å². The zero-order chi connectivity index (χ0) is 13.9. The van der Waals surface area contributed by atoms with Crippen molar-refractivity contribution < 1.29 is 18.3 Å². The fourth-order valence-corrected chi connectivity index (χ4v) is 2.08. The summed E-state index contributed by atoms with van der Waals surface area (Å²) in [4.78, 5) is 12.0. The van der Waals surface area contributed by atoms with Crippen LogP contribution in [-0.2, 0) is 0 Å². The van der Waals surface area contributed by atoms with E-state index in [4.69, 9.17) is 5.73 Å².